The number of nitrogens with zero attached hydrogens (tertiary/aromatic N) is 1. The number of amides is 1. The number of carbonyl (C=O) groups excluding carboxylic acids is 1. The van der Waals surface area contributed by atoms with Crippen LogP contribution in [0.1, 0.15) is 21.5 Å². The quantitative estimate of drug-likeness (QED) is 0.550. The summed E-state index contributed by atoms with van der Waals surface area (Å²) in [6.07, 6.45) is 2.36. The van der Waals surface area contributed by atoms with Crippen molar-refractivity contribution in [1.29, 1.82) is 0 Å². The van der Waals surface area contributed by atoms with Gasteiger partial charge in [-0.25, -0.2) is 4.98 Å². The van der Waals surface area contributed by atoms with Crippen molar-refractivity contribution in [1.82, 2.24) is 4.98 Å². The summed E-state index contributed by atoms with van der Waals surface area (Å²) < 4.78 is 0. The monoisotopic (exact) mass is 320 g/mol. The highest BCUT2D eigenvalue weighted by molar-refractivity contribution is 6.29. The molecule has 0 atom stereocenters. The average molecular weight is 321 g/mol. The van der Waals surface area contributed by atoms with Crippen LogP contribution < -0.4 is 5.32 Å². The van der Waals surface area contributed by atoms with Crippen molar-refractivity contribution in [3.05, 3.63) is 82.6 Å². The Morgan fingerprint density at radius 2 is 1.87 bits per heavy atom. The molecule has 1 aliphatic rings. The van der Waals surface area contributed by atoms with Gasteiger partial charge < -0.3 is 5.32 Å². The maximum Gasteiger partial charge on any atom is 0.255 e. The van der Waals surface area contributed by atoms with Crippen LogP contribution in [-0.4, -0.2) is 10.9 Å². The Morgan fingerprint density at radius 3 is 2.74 bits per heavy atom. The van der Waals surface area contributed by atoms with Crippen molar-refractivity contribution >= 4 is 23.2 Å². The summed E-state index contributed by atoms with van der Waals surface area (Å²) in [4.78, 5) is 16.6. The molecule has 4 heteroatoms. The van der Waals surface area contributed by atoms with Crippen LogP contribution >= 0.6 is 11.6 Å². The Morgan fingerprint density at radius 1 is 1.04 bits per heavy atom. The largest absolute Gasteiger partial charge is 0.322 e. The van der Waals surface area contributed by atoms with Gasteiger partial charge in [0.15, 0.2) is 0 Å². The van der Waals surface area contributed by atoms with Crippen molar-refractivity contribution in [2.45, 2.75) is 6.42 Å². The molecule has 112 valence electrons. The van der Waals surface area contributed by atoms with Crippen molar-refractivity contribution in [3.63, 3.8) is 0 Å². The van der Waals surface area contributed by atoms with Gasteiger partial charge in [0.1, 0.15) is 5.15 Å². The molecular formula is C19H13ClN2O. The van der Waals surface area contributed by atoms with E-state index >= 15 is 0 Å². The number of fused-ring (bicyclic) bond motifs is 3. The molecule has 0 saturated carbocycles. The highest BCUT2D eigenvalue weighted by Gasteiger charge is 2.23. The summed E-state index contributed by atoms with van der Waals surface area (Å²) in [7, 11) is 0. The predicted octanol–water partition coefficient (Wildman–Crippen LogP) is 4.56. The molecule has 1 heterocycles. The molecule has 0 radical (unpaired) electrons. The fourth-order valence-electron chi connectivity index (χ4n) is 3.05. The number of rotatable bonds is 2. The lowest BCUT2D eigenvalue weighted by molar-refractivity contribution is 0.102. The number of halogens is 1. The SMILES string of the molecule is O=C(Nc1ccnc(Cl)c1)c1cccc2c1Cc1ccccc1-2. The topological polar surface area (TPSA) is 42.0 Å². The second-order valence-corrected chi connectivity index (χ2v) is 5.87. The van der Waals surface area contributed by atoms with Crippen LogP contribution in [0.25, 0.3) is 11.1 Å². The van der Waals surface area contributed by atoms with E-state index in [0.717, 1.165) is 17.5 Å². The zero-order valence-electron chi connectivity index (χ0n) is 12.2. The van der Waals surface area contributed by atoms with E-state index in [-0.39, 0.29) is 5.91 Å². The second kappa shape index (κ2) is 5.52. The van der Waals surface area contributed by atoms with Crippen LogP contribution in [0.15, 0.2) is 60.8 Å². The van der Waals surface area contributed by atoms with Crippen LogP contribution in [0.5, 0.6) is 0 Å². The minimum Gasteiger partial charge on any atom is -0.322 e. The lowest BCUT2D eigenvalue weighted by Crippen LogP contribution is -2.14. The Hall–Kier alpha value is -2.65. The van der Waals surface area contributed by atoms with E-state index in [1.54, 1.807) is 18.3 Å². The summed E-state index contributed by atoms with van der Waals surface area (Å²) in [5, 5.41) is 3.25. The summed E-state index contributed by atoms with van der Waals surface area (Å²) >= 11 is 5.87. The molecule has 1 N–H and O–H groups in total. The first-order valence-corrected chi connectivity index (χ1v) is 7.73. The molecule has 0 bridgehead atoms. The molecule has 1 aromatic heterocycles. The zero-order chi connectivity index (χ0) is 15.8. The molecule has 1 aliphatic carbocycles. The number of pyridine rings is 1. The molecule has 1 amide bonds. The van der Waals surface area contributed by atoms with E-state index in [1.807, 2.05) is 24.3 Å². The smallest absolute Gasteiger partial charge is 0.255 e. The van der Waals surface area contributed by atoms with Crippen LogP contribution in [-0.2, 0) is 6.42 Å². The normalized spacial score (nSPS) is 11.7. The van der Waals surface area contributed by atoms with Gasteiger partial charge in [0, 0.05) is 17.4 Å². The van der Waals surface area contributed by atoms with E-state index < -0.39 is 0 Å². The van der Waals surface area contributed by atoms with Crippen LogP contribution in [0, 0.1) is 0 Å². The van der Waals surface area contributed by atoms with Crippen LogP contribution in [0.2, 0.25) is 5.15 Å². The molecule has 0 unspecified atom stereocenters. The maximum absolute atomic E-state index is 12.7. The second-order valence-electron chi connectivity index (χ2n) is 5.49. The predicted molar refractivity (Wildman–Crippen MR) is 91.9 cm³/mol. The maximum atomic E-state index is 12.7. The third-order valence-corrected chi connectivity index (χ3v) is 4.29. The fraction of sp³-hybridized carbons (Fsp3) is 0.0526. The van der Waals surface area contributed by atoms with Gasteiger partial charge in [0.05, 0.1) is 0 Å². The lowest BCUT2D eigenvalue weighted by Gasteiger charge is -2.09. The third-order valence-electron chi connectivity index (χ3n) is 4.08. The number of anilines is 1. The molecule has 23 heavy (non-hydrogen) atoms. The van der Waals surface area contributed by atoms with E-state index in [2.05, 4.69) is 28.5 Å². The fourth-order valence-corrected chi connectivity index (χ4v) is 3.22. The van der Waals surface area contributed by atoms with Gasteiger partial charge in [0.25, 0.3) is 5.91 Å². The highest BCUT2D eigenvalue weighted by Crippen LogP contribution is 2.38. The van der Waals surface area contributed by atoms with E-state index in [1.165, 1.54) is 11.1 Å². The van der Waals surface area contributed by atoms with Crippen LogP contribution in [0.4, 0.5) is 5.69 Å². The van der Waals surface area contributed by atoms with E-state index in [9.17, 15) is 4.79 Å². The van der Waals surface area contributed by atoms with Gasteiger partial charge in [-0.3, -0.25) is 4.79 Å². The summed E-state index contributed by atoms with van der Waals surface area (Å²) in [6, 6.07) is 17.5. The Kier molecular flexibility index (Phi) is 3.36. The molecule has 0 fully saturated rings. The molecule has 4 rings (SSSR count). The van der Waals surface area contributed by atoms with Gasteiger partial charge in [0.2, 0.25) is 0 Å². The number of hydrogen-bond donors (Lipinski definition) is 1. The van der Waals surface area contributed by atoms with Crippen molar-refractivity contribution in [2.24, 2.45) is 0 Å². The van der Waals surface area contributed by atoms with Crippen LogP contribution in [0.3, 0.4) is 0 Å². The standard InChI is InChI=1S/C19H13ClN2O/c20-18-11-13(8-9-21-18)22-19(23)16-7-3-6-15-14-5-2-1-4-12(14)10-17(15)16/h1-9,11H,10H2,(H,21,22,23). The molecule has 3 aromatic rings. The van der Waals surface area contributed by atoms with Crippen molar-refractivity contribution < 1.29 is 4.79 Å². The molecule has 0 aliphatic heterocycles. The first-order chi connectivity index (χ1) is 11.2. The summed E-state index contributed by atoms with van der Waals surface area (Å²) in [5.74, 6) is -0.128. The average Bonchev–Trinajstić information content (AvgIpc) is 2.93. The van der Waals surface area contributed by atoms with Gasteiger partial charge in [-0.05, 0) is 46.9 Å². The summed E-state index contributed by atoms with van der Waals surface area (Å²) in [6.45, 7) is 0. The molecule has 0 spiro atoms. The van der Waals surface area contributed by atoms with Crippen molar-refractivity contribution in [2.75, 3.05) is 5.32 Å². The minimum atomic E-state index is -0.128. The molecule has 3 nitrogen and oxygen atoms in total. The van der Waals surface area contributed by atoms with Gasteiger partial charge in [-0.15, -0.1) is 0 Å². The molecule has 2 aromatic carbocycles. The molecule has 0 saturated heterocycles. The third kappa shape index (κ3) is 2.49. The van der Waals surface area contributed by atoms with Gasteiger partial charge >= 0.3 is 0 Å². The number of hydrogen-bond acceptors (Lipinski definition) is 2. The Labute approximate surface area is 139 Å². The van der Waals surface area contributed by atoms with E-state index in [4.69, 9.17) is 11.6 Å². The zero-order valence-corrected chi connectivity index (χ0v) is 13.0. The Balaban J connectivity index is 1.70. The van der Waals surface area contributed by atoms with Crippen molar-refractivity contribution in [3.8, 4) is 11.1 Å². The Bertz CT molecular complexity index is 921. The number of aromatic nitrogens is 1. The van der Waals surface area contributed by atoms with Gasteiger partial charge in [-0.1, -0.05) is 48.0 Å². The number of carbonyl (C=O) groups is 1. The summed E-state index contributed by atoms with van der Waals surface area (Å²) in [5.41, 5.74) is 6.03. The first kappa shape index (κ1) is 14.0. The van der Waals surface area contributed by atoms with Gasteiger partial charge in [-0.2, -0.15) is 0 Å². The minimum absolute atomic E-state index is 0.128. The molecular weight excluding hydrogens is 308 g/mol. The highest BCUT2D eigenvalue weighted by atomic mass is 35.5. The lowest BCUT2D eigenvalue weighted by atomic mass is 10.0. The number of nitrogens with one attached hydrogen (secondary N) is 1. The number of benzene rings is 2. The van der Waals surface area contributed by atoms with E-state index in [0.29, 0.717) is 16.4 Å². The first-order valence-electron chi connectivity index (χ1n) is 7.35.